The Morgan fingerprint density at radius 1 is 0.274 bits per heavy atom. The normalized spacial score (nSPS) is 12.4. The van der Waals surface area contributed by atoms with Crippen molar-refractivity contribution in [1.29, 1.82) is 10.5 Å². The standard InChI is InChI=1S/C54H34N8/c55-35-43-44(36-56)58-54(38-29-33-42(34-30-38)62-51-25-13-9-21-47(51)60(40-17-5-2-6-18-40)48-22-10-14-26-52(48)62)53(57-43)37-27-31-41(32-28-37)61-49-23-11-7-19-45(49)59(39-15-3-1-4-16-39)46-20-8-12-24-50(46)61/h1-34H. The zero-order chi connectivity index (χ0) is 41.6. The third kappa shape index (κ3) is 5.91. The molecule has 290 valence electrons. The second-order valence-corrected chi connectivity index (χ2v) is 14.9. The number of benzene rings is 8. The molecule has 0 saturated carbocycles. The summed E-state index contributed by atoms with van der Waals surface area (Å²) >= 11 is 0. The summed E-state index contributed by atoms with van der Waals surface area (Å²) in [5.74, 6) is 0. The predicted molar refractivity (Wildman–Crippen MR) is 248 cm³/mol. The molecule has 3 heterocycles. The van der Waals surface area contributed by atoms with E-state index in [1.165, 1.54) is 0 Å². The summed E-state index contributed by atoms with van der Waals surface area (Å²) in [5, 5.41) is 20.2. The van der Waals surface area contributed by atoms with Crippen LogP contribution >= 0.6 is 0 Å². The Labute approximate surface area is 359 Å². The van der Waals surface area contributed by atoms with Crippen LogP contribution in [0.15, 0.2) is 206 Å². The van der Waals surface area contributed by atoms with E-state index in [1.54, 1.807) is 0 Å². The van der Waals surface area contributed by atoms with Crippen molar-refractivity contribution < 1.29 is 0 Å². The summed E-state index contributed by atoms with van der Waals surface area (Å²) in [6, 6.07) is 75.0. The Balaban J connectivity index is 0.984. The van der Waals surface area contributed by atoms with Crippen molar-refractivity contribution in [2.45, 2.75) is 0 Å². The number of nitriles is 2. The molecule has 8 heteroatoms. The number of para-hydroxylation sites is 10. The lowest BCUT2D eigenvalue weighted by atomic mass is 10.0. The Kier molecular flexibility index (Phi) is 8.74. The van der Waals surface area contributed by atoms with E-state index in [0.717, 1.165) is 79.4 Å². The largest absolute Gasteiger partial charge is 0.306 e. The van der Waals surface area contributed by atoms with Crippen LogP contribution in [0.25, 0.3) is 22.5 Å². The zero-order valence-electron chi connectivity index (χ0n) is 33.2. The Morgan fingerprint density at radius 3 is 0.742 bits per heavy atom. The molecule has 0 fully saturated rings. The van der Waals surface area contributed by atoms with Crippen LogP contribution in [0.2, 0.25) is 0 Å². The number of anilines is 12. The van der Waals surface area contributed by atoms with Gasteiger partial charge in [-0.1, -0.05) is 109 Å². The molecule has 0 aliphatic carbocycles. The number of hydrogen-bond acceptors (Lipinski definition) is 8. The van der Waals surface area contributed by atoms with E-state index in [-0.39, 0.29) is 11.4 Å². The van der Waals surface area contributed by atoms with E-state index in [4.69, 9.17) is 9.97 Å². The molecule has 11 rings (SSSR count). The Morgan fingerprint density at radius 2 is 0.500 bits per heavy atom. The number of nitrogens with zero attached hydrogens (tertiary/aromatic N) is 8. The van der Waals surface area contributed by atoms with Gasteiger partial charge >= 0.3 is 0 Å². The Hall–Kier alpha value is -8.98. The molecule has 0 saturated heterocycles. The third-order valence-corrected chi connectivity index (χ3v) is 11.4. The number of fused-ring (bicyclic) bond motifs is 4. The van der Waals surface area contributed by atoms with E-state index in [1.807, 2.05) is 36.4 Å². The van der Waals surface area contributed by atoms with Gasteiger partial charge in [-0.15, -0.1) is 0 Å². The molecule has 0 N–H and O–H groups in total. The topological polar surface area (TPSA) is 86.3 Å². The lowest BCUT2D eigenvalue weighted by molar-refractivity contribution is 1.14. The fourth-order valence-corrected chi connectivity index (χ4v) is 8.69. The van der Waals surface area contributed by atoms with E-state index in [2.05, 4.69) is 202 Å². The molecule has 8 aromatic carbocycles. The highest BCUT2D eigenvalue weighted by Crippen LogP contribution is 2.55. The van der Waals surface area contributed by atoms with Gasteiger partial charge in [0.25, 0.3) is 0 Å². The minimum absolute atomic E-state index is 0.0173. The first kappa shape index (κ1) is 36.1. The summed E-state index contributed by atoms with van der Waals surface area (Å²) in [7, 11) is 0. The number of aromatic nitrogens is 2. The van der Waals surface area contributed by atoms with Crippen molar-refractivity contribution in [2.75, 3.05) is 19.6 Å². The van der Waals surface area contributed by atoms with Gasteiger partial charge in [0.2, 0.25) is 0 Å². The fraction of sp³-hybridized carbons (Fsp3) is 0. The van der Waals surface area contributed by atoms with E-state index >= 15 is 0 Å². The maximum atomic E-state index is 10.1. The summed E-state index contributed by atoms with van der Waals surface area (Å²) in [5.41, 5.74) is 15.0. The molecule has 0 bridgehead atoms. The molecule has 0 atom stereocenters. The molecule has 0 amide bonds. The molecular weight excluding hydrogens is 761 g/mol. The number of hydrogen-bond donors (Lipinski definition) is 0. The van der Waals surface area contributed by atoms with Gasteiger partial charge in [-0.05, 0) is 97.1 Å². The van der Waals surface area contributed by atoms with Gasteiger partial charge < -0.3 is 19.6 Å². The van der Waals surface area contributed by atoms with Gasteiger partial charge in [0, 0.05) is 33.9 Å². The number of rotatable bonds is 6. The molecular formula is C54H34N8. The zero-order valence-corrected chi connectivity index (χ0v) is 33.2. The monoisotopic (exact) mass is 794 g/mol. The smallest absolute Gasteiger partial charge is 0.177 e. The van der Waals surface area contributed by atoms with Gasteiger partial charge in [0.05, 0.1) is 56.9 Å². The van der Waals surface area contributed by atoms with E-state index < -0.39 is 0 Å². The van der Waals surface area contributed by atoms with Gasteiger partial charge in [-0.25, -0.2) is 9.97 Å². The van der Waals surface area contributed by atoms with Crippen LogP contribution < -0.4 is 19.6 Å². The second-order valence-electron chi connectivity index (χ2n) is 14.9. The van der Waals surface area contributed by atoms with Crippen molar-refractivity contribution in [3.63, 3.8) is 0 Å². The maximum absolute atomic E-state index is 10.1. The molecule has 1 aromatic heterocycles. The average molecular weight is 795 g/mol. The molecule has 0 unspecified atom stereocenters. The molecule has 0 spiro atoms. The minimum Gasteiger partial charge on any atom is -0.306 e. The molecule has 62 heavy (non-hydrogen) atoms. The average Bonchev–Trinajstić information content (AvgIpc) is 3.35. The Bertz CT molecular complexity index is 2910. The van der Waals surface area contributed by atoms with Crippen LogP contribution in [-0.2, 0) is 0 Å². The summed E-state index contributed by atoms with van der Waals surface area (Å²) in [4.78, 5) is 18.7. The molecule has 2 aliphatic heterocycles. The van der Waals surface area contributed by atoms with Crippen LogP contribution in [0, 0.1) is 22.7 Å². The summed E-state index contributed by atoms with van der Waals surface area (Å²) in [6.45, 7) is 0. The van der Waals surface area contributed by atoms with Crippen LogP contribution in [0.1, 0.15) is 11.4 Å². The van der Waals surface area contributed by atoms with E-state index in [0.29, 0.717) is 11.4 Å². The third-order valence-electron chi connectivity index (χ3n) is 11.4. The van der Waals surface area contributed by atoms with Gasteiger partial charge in [-0.2, -0.15) is 10.5 Å². The molecule has 0 radical (unpaired) electrons. The fourth-order valence-electron chi connectivity index (χ4n) is 8.69. The molecule has 2 aliphatic rings. The summed E-state index contributed by atoms with van der Waals surface area (Å²) in [6.07, 6.45) is 0. The highest BCUT2D eigenvalue weighted by molar-refractivity contribution is 6.03. The predicted octanol–water partition coefficient (Wildman–Crippen LogP) is 14.1. The van der Waals surface area contributed by atoms with Crippen LogP contribution in [0.3, 0.4) is 0 Å². The van der Waals surface area contributed by atoms with Gasteiger partial charge in [0.15, 0.2) is 11.4 Å². The van der Waals surface area contributed by atoms with E-state index in [9.17, 15) is 10.5 Å². The van der Waals surface area contributed by atoms with Crippen LogP contribution in [-0.4, -0.2) is 9.97 Å². The maximum Gasteiger partial charge on any atom is 0.177 e. The second kappa shape index (κ2) is 15.0. The molecule has 8 nitrogen and oxygen atoms in total. The first-order chi connectivity index (χ1) is 30.7. The quantitative estimate of drug-likeness (QED) is 0.164. The highest BCUT2D eigenvalue weighted by Gasteiger charge is 2.32. The van der Waals surface area contributed by atoms with Crippen molar-refractivity contribution in [1.82, 2.24) is 9.97 Å². The van der Waals surface area contributed by atoms with Gasteiger partial charge in [0.1, 0.15) is 12.1 Å². The first-order valence-electron chi connectivity index (χ1n) is 20.3. The lowest BCUT2D eigenvalue weighted by Crippen LogP contribution is -2.23. The van der Waals surface area contributed by atoms with Crippen molar-refractivity contribution in [3.8, 4) is 34.7 Å². The van der Waals surface area contributed by atoms with Crippen molar-refractivity contribution in [2.24, 2.45) is 0 Å². The van der Waals surface area contributed by atoms with Crippen LogP contribution in [0.5, 0.6) is 0 Å². The van der Waals surface area contributed by atoms with Crippen LogP contribution in [0.4, 0.5) is 68.2 Å². The first-order valence-corrected chi connectivity index (χ1v) is 20.3. The minimum atomic E-state index is -0.0173. The lowest BCUT2D eigenvalue weighted by Gasteiger charge is -2.40. The molecule has 9 aromatic rings. The summed E-state index contributed by atoms with van der Waals surface area (Å²) < 4.78 is 0. The van der Waals surface area contributed by atoms with Gasteiger partial charge in [-0.3, -0.25) is 0 Å². The SMILES string of the molecule is N#Cc1nc(-c2ccc(N3c4ccccc4N(c4ccccc4)c4ccccc43)cc2)c(-c2ccc(N3c4ccccc4N(c4ccccc4)c4ccccc43)cc2)nc1C#N. The van der Waals surface area contributed by atoms with Crippen molar-refractivity contribution >= 4 is 68.2 Å². The highest BCUT2D eigenvalue weighted by atomic mass is 15.3. The van der Waals surface area contributed by atoms with Crippen molar-refractivity contribution in [3.05, 3.63) is 218 Å².